The minimum absolute atomic E-state index is 0.0253. The average molecular weight is 606 g/mol. The number of benzene rings is 4. The molecule has 0 aliphatic heterocycles. The van der Waals surface area contributed by atoms with Gasteiger partial charge in [-0.15, -0.1) is 10.2 Å². The Morgan fingerprint density at radius 2 is 1.21 bits per heavy atom. The van der Waals surface area contributed by atoms with Crippen LogP contribution in [0.5, 0.6) is 11.6 Å². The average Bonchev–Trinajstić information content (AvgIpc) is 3.35. The van der Waals surface area contributed by atoms with Gasteiger partial charge in [-0.2, -0.15) is 39.5 Å². The van der Waals surface area contributed by atoms with Crippen LogP contribution in [0.3, 0.4) is 0 Å². The molecule has 0 aliphatic carbocycles. The third-order valence-electron chi connectivity index (χ3n) is 6.89. The third kappa shape index (κ3) is 4.98. The van der Waals surface area contributed by atoms with E-state index in [9.17, 15) is 39.5 Å². The van der Waals surface area contributed by atoms with Gasteiger partial charge in [-0.05, 0) is 48.0 Å². The van der Waals surface area contributed by atoms with E-state index in [0.717, 1.165) is 0 Å². The van der Waals surface area contributed by atoms with Crippen LogP contribution >= 0.6 is 0 Å². The lowest BCUT2D eigenvalue weighted by Crippen LogP contribution is -2.21. The fraction of sp³-hybridized carbons (Fsp3) is 0.133. The largest absolute Gasteiger partial charge is 0.454 e. The summed E-state index contributed by atoms with van der Waals surface area (Å²) in [6.45, 7) is 0.599. The lowest BCUT2D eigenvalue weighted by atomic mass is 9.96. The van der Waals surface area contributed by atoms with Crippen molar-refractivity contribution in [1.82, 2.24) is 10.2 Å². The summed E-state index contributed by atoms with van der Waals surface area (Å²) in [4.78, 5) is 0. The number of para-hydroxylation sites is 1. The fourth-order valence-corrected chi connectivity index (χ4v) is 4.95. The minimum Gasteiger partial charge on any atom is -0.454 e. The van der Waals surface area contributed by atoms with Crippen molar-refractivity contribution >= 4 is 32.5 Å². The summed E-state index contributed by atoms with van der Waals surface area (Å²) in [6.07, 6.45) is -17.0. The second-order valence-electron chi connectivity index (χ2n) is 9.64. The molecule has 6 rings (SSSR count). The fourth-order valence-electron chi connectivity index (χ4n) is 4.95. The van der Waals surface area contributed by atoms with Gasteiger partial charge in [0.2, 0.25) is 5.88 Å². The van der Waals surface area contributed by atoms with Crippen LogP contribution < -0.4 is 4.74 Å². The molecule has 0 saturated heterocycles. The van der Waals surface area contributed by atoms with Crippen LogP contribution in [0, 0.1) is 6.92 Å². The molecule has 0 unspecified atom stereocenters. The van der Waals surface area contributed by atoms with Gasteiger partial charge in [-0.3, -0.25) is 0 Å². The number of fused-ring (bicyclic) bond motifs is 3. The summed E-state index contributed by atoms with van der Waals surface area (Å²) in [5.74, 6) is -2.21. The Morgan fingerprint density at radius 1 is 0.628 bits per heavy atom. The van der Waals surface area contributed by atoms with Gasteiger partial charge >= 0.3 is 18.5 Å². The Kier molecular flexibility index (Phi) is 6.33. The highest BCUT2D eigenvalue weighted by molar-refractivity contribution is 6.05. The molecule has 4 nitrogen and oxygen atoms in total. The van der Waals surface area contributed by atoms with Crippen molar-refractivity contribution in [2.45, 2.75) is 25.5 Å². The van der Waals surface area contributed by atoms with E-state index in [2.05, 4.69) is 10.2 Å². The zero-order chi connectivity index (χ0) is 30.9. The number of furan rings is 1. The van der Waals surface area contributed by atoms with Crippen LogP contribution in [0.25, 0.3) is 44.0 Å². The number of aromatic nitrogens is 2. The number of alkyl halides is 9. The summed E-state index contributed by atoms with van der Waals surface area (Å²) < 4.78 is 136. The van der Waals surface area contributed by atoms with Crippen molar-refractivity contribution in [1.29, 1.82) is 0 Å². The molecule has 220 valence electrons. The zero-order valence-electron chi connectivity index (χ0n) is 21.5. The summed E-state index contributed by atoms with van der Waals surface area (Å²) in [5, 5.41) is 9.97. The minimum atomic E-state index is -5.80. The van der Waals surface area contributed by atoms with Crippen LogP contribution in [0.4, 0.5) is 39.5 Å². The predicted octanol–water partition coefficient (Wildman–Crippen LogP) is 10.4. The SMILES string of the molecule is Cc1c(C(F)(F)F)cc(C(F)(F)F)c(C(F)(F)F)c1Oc1nnc(-c2cc3ccccc3o2)c2cc3ccccc3cc12. The highest BCUT2D eigenvalue weighted by atomic mass is 19.4. The molecule has 0 bridgehead atoms. The second-order valence-corrected chi connectivity index (χ2v) is 9.64. The molecule has 0 saturated carbocycles. The van der Waals surface area contributed by atoms with Crippen LogP contribution in [-0.4, -0.2) is 10.2 Å². The normalized spacial score (nSPS) is 12.9. The first kappa shape index (κ1) is 28.3. The summed E-state index contributed by atoms with van der Waals surface area (Å²) >= 11 is 0. The summed E-state index contributed by atoms with van der Waals surface area (Å²) in [7, 11) is 0. The topological polar surface area (TPSA) is 48.2 Å². The van der Waals surface area contributed by atoms with Gasteiger partial charge < -0.3 is 9.15 Å². The quantitative estimate of drug-likeness (QED) is 0.149. The van der Waals surface area contributed by atoms with E-state index >= 15 is 0 Å². The number of halogens is 9. The van der Waals surface area contributed by atoms with Crippen molar-refractivity contribution < 1.29 is 48.7 Å². The smallest absolute Gasteiger partial charge is 0.420 e. The van der Waals surface area contributed by atoms with E-state index in [0.29, 0.717) is 28.7 Å². The second kappa shape index (κ2) is 9.61. The van der Waals surface area contributed by atoms with Crippen molar-refractivity contribution in [3.8, 4) is 23.1 Å². The Labute approximate surface area is 235 Å². The van der Waals surface area contributed by atoms with E-state index in [4.69, 9.17) is 9.15 Å². The summed E-state index contributed by atoms with van der Waals surface area (Å²) in [6, 6.07) is 17.8. The molecule has 0 amide bonds. The molecule has 0 spiro atoms. The van der Waals surface area contributed by atoms with E-state index in [1.165, 1.54) is 6.07 Å². The molecular weight excluding hydrogens is 591 g/mol. The van der Waals surface area contributed by atoms with E-state index < -0.39 is 58.5 Å². The number of nitrogens with zero attached hydrogens (tertiary/aromatic N) is 2. The molecular formula is C30H15F9N2O2. The van der Waals surface area contributed by atoms with Gasteiger partial charge in [0.15, 0.2) is 5.76 Å². The van der Waals surface area contributed by atoms with Crippen molar-refractivity contribution in [3.05, 3.63) is 95.1 Å². The number of rotatable bonds is 3. The lowest BCUT2D eigenvalue weighted by Gasteiger charge is -2.24. The van der Waals surface area contributed by atoms with Crippen molar-refractivity contribution in [3.63, 3.8) is 0 Å². The molecule has 2 heterocycles. The Balaban J connectivity index is 1.65. The maximum Gasteiger partial charge on any atom is 0.420 e. The number of ether oxygens (including phenoxy) is 1. The van der Waals surface area contributed by atoms with Crippen LogP contribution in [0.15, 0.2) is 77.2 Å². The van der Waals surface area contributed by atoms with Gasteiger partial charge in [-0.25, -0.2) is 0 Å². The van der Waals surface area contributed by atoms with Gasteiger partial charge in [0, 0.05) is 21.7 Å². The van der Waals surface area contributed by atoms with E-state index in [-0.39, 0.29) is 22.2 Å². The predicted molar refractivity (Wildman–Crippen MR) is 139 cm³/mol. The van der Waals surface area contributed by atoms with Gasteiger partial charge in [0.05, 0.1) is 11.1 Å². The maximum absolute atomic E-state index is 14.1. The van der Waals surface area contributed by atoms with Crippen molar-refractivity contribution in [2.24, 2.45) is 0 Å². The van der Waals surface area contributed by atoms with Gasteiger partial charge in [-0.1, -0.05) is 42.5 Å². The van der Waals surface area contributed by atoms with Crippen LogP contribution in [0.1, 0.15) is 22.3 Å². The standard InChI is InChI=1S/C30H15F9N2O2/c1-14-20(28(31,32)33)13-21(29(34,35)36)24(30(37,38)39)26(14)43-27-19-11-16-7-3-2-6-15(16)10-18(19)25(40-41-27)23-12-17-8-4-5-9-22(17)42-23/h2-13H,1H3. The molecule has 0 radical (unpaired) electrons. The Bertz CT molecular complexity index is 2010. The maximum atomic E-state index is 14.1. The van der Waals surface area contributed by atoms with Gasteiger partial charge in [0.25, 0.3) is 0 Å². The first-order chi connectivity index (χ1) is 20.1. The van der Waals surface area contributed by atoms with E-state index in [1.54, 1.807) is 60.7 Å². The third-order valence-corrected chi connectivity index (χ3v) is 6.89. The molecule has 0 fully saturated rings. The molecule has 4 aromatic carbocycles. The zero-order valence-corrected chi connectivity index (χ0v) is 21.5. The monoisotopic (exact) mass is 606 g/mol. The highest BCUT2D eigenvalue weighted by Crippen LogP contribution is 2.51. The van der Waals surface area contributed by atoms with Crippen LogP contribution in [-0.2, 0) is 18.5 Å². The number of hydrogen-bond acceptors (Lipinski definition) is 4. The molecule has 13 heteroatoms. The first-order valence-corrected chi connectivity index (χ1v) is 12.4. The molecule has 0 aliphatic rings. The summed E-state index contributed by atoms with van der Waals surface area (Å²) in [5.41, 5.74) is -7.49. The molecule has 43 heavy (non-hydrogen) atoms. The van der Waals surface area contributed by atoms with Gasteiger partial charge in [0.1, 0.15) is 22.6 Å². The van der Waals surface area contributed by atoms with Crippen molar-refractivity contribution in [2.75, 3.05) is 0 Å². The molecule has 0 atom stereocenters. The van der Waals surface area contributed by atoms with E-state index in [1.807, 2.05) is 0 Å². The Hall–Kier alpha value is -4.81. The van der Waals surface area contributed by atoms with Crippen LogP contribution in [0.2, 0.25) is 0 Å². The molecule has 6 aromatic rings. The molecule has 0 N–H and O–H groups in total. The number of hydrogen-bond donors (Lipinski definition) is 0. The highest BCUT2D eigenvalue weighted by Gasteiger charge is 2.49. The Morgan fingerprint density at radius 3 is 1.79 bits per heavy atom. The molecule has 2 aromatic heterocycles. The lowest BCUT2D eigenvalue weighted by molar-refractivity contribution is -0.164. The first-order valence-electron chi connectivity index (χ1n) is 12.4.